The summed E-state index contributed by atoms with van der Waals surface area (Å²) in [7, 11) is 0. The van der Waals surface area contributed by atoms with Gasteiger partial charge in [-0.2, -0.15) is 0 Å². The summed E-state index contributed by atoms with van der Waals surface area (Å²) in [6.45, 7) is 16.9. The van der Waals surface area contributed by atoms with Crippen LogP contribution >= 0.6 is 0 Å². The van der Waals surface area contributed by atoms with Crippen LogP contribution in [0.2, 0.25) is 0 Å². The number of rotatable bonds is 12. The van der Waals surface area contributed by atoms with Gasteiger partial charge in [-0.05, 0) is 77.6 Å². The molecule has 0 aromatic rings. The second-order valence-corrected chi connectivity index (χ2v) is 18.8. The van der Waals surface area contributed by atoms with E-state index in [2.05, 4.69) is 27.7 Å². The van der Waals surface area contributed by atoms with Crippen molar-refractivity contribution in [2.24, 2.45) is 41.4 Å². The number of hydrogen-bond donors (Lipinski definition) is 3. The lowest BCUT2D eigenvalue weighted by Gasteiger charge is -2.49. The highest BCUT2D eigenvalue weighted by Crippen LogP contribution is 2.54. The number of aliphatic hydroxyl groups excluding tert-OH is 1. The molecular formula is C42H68O13. The molecule has 0 amide bonds. The van der Waals surface area contributed by atoms with Crippen molar-refractivity contribution in [2.75, 3.05) is 6.61 Å². The van der Waals surface area contributed by atoms with Crippen LogP contribution in [0, 0.1) is 41.4 Å². The minimum absolute atomic E-state index is 0.106. The zero-order valence-electron chi connectivity index (χ0n) is 34.5. The average molecular weight is 781 g/mol. The molecule has 1 aliphatic carbocycles. The van der Waals surface area contributed by atoms with Crippen LogP contribution in [0.5, 0.6) is 0 Å². The van der Waals surface area contributed by atoms with Gasteiger partial charge in [-0.25, -0.2) is 0 Å². The highest BCUT2D eigenvalue weighted by atomic mass is 16.7. The third-order valence-electron chi connectivity index (χ3n) is 14.6. The first-order chi connectivity index (χ1) is 25.8. The van der Waals surface area contributed by atoms with E-state index in [1.807, 2.05) is 20.8 Å². The first kappa shape index (κ1) is 42.7. The van der Waals surface area contributed by atoms with Crippen molar-refractivity contribution in [1.82, 2.24) is 0 Å². The maximum Gasteiger partial charge on any atom is 0.309 e. The molecule has 5 heterocycles. The largest absolute Gasteiger partial charge is 0.481 e. The zero-order chi connectivity index (χ0) is 40.2. The SMILES string of the molecule is CCC(=O)O[C@H]([C@H](C)[C@H]1O[C@@]2(CC[C@@](C)([C@H]3CC[C@@](C)(C4O[C@@H]([C@H]5O[C@@](O)(CO)[C@H](C)C[C@@H]5C)C[C@@H]4C)O3)O2)C[C@H](OC(=O)C2CCC2)[C@H]1C)[C@@H](C)C(=O)O. The molecule has 314 valence electrons. The molecule has 6 rings (SSSR count). The van der Waals surface area contributed by atoms with Crippen LogP contribution in [-0.4, -0.2) is 105 Å². The molecule has 5 saturated heterocycles. The van der Waals surface area contributed by atoms with Crippen LogP contribution in [0.25, 0.3) is 0 Å². The Morgan fingerprint density at radius 2 is 1.62 bits per heavy atom. The molecule has 0 bridgehead atoms. The van der Waals surface area contributed by atoms with Crippen LogP contribution in [-0.2, 0) is 47.5 Å². The lowest BCUT2D eigenvalue weighted by atomic mass is 9.77. The predicted octanol–water partition coefficient (Wildman–Crippen LogP) is 5.54. The molecular weight excluding hydrogens is 712 g/mol. The molecule has 1 saturated carbocycles. The summed E-state index contributed by atoms with van der Waals surface area (Å²) in [6.07, 6.45) is 3.88. The number of aliphatic hydroxyl groups is 2. The third-order valence-corrected chi connectivity index (χ3v) is 14.6. The van der Waals surface area contributed by atoms with Gasteiger partial charge >= 0.3 is 17.9 Å². The third kappa shape index (κ3) is 8.23. The first-order valence-electron chi connectivity index (χ1n) is 21.1. The Kier molecular flexibility index (Phi) is 12.5. The van der Waals surface area contributed by atoms with E-state index >= 15 is 0 Å². The number of aliphatic carboxylic acids is 1. The first-order valence-corrected chi connectivity index (χ1v) is 21.1. The van der Waals surface area contributed by atoms with Crippen molar-refractivity contribution in [1.29, 1.82) is 0 Å². The number of esters is 2. The summed E-state index contributed by atoms with van der Waals surface area (Å²) >= 11 is 0. The van der Waals surface area contributed by atoms with E-state index in [-0.39, 0.29) is 66.4 Å². The van der Waals surface area contributed by atoms with Crippen molar-refractivity contribution < 1.29 is 62.9 Å². The molecule has 5 aliphatic heterocycles. The van der Waals surface area contributed by atoms with Gasteiger partial charge in [-0.3, -0.25) is 14.4 Å². The summed E-state index contributed by atoms with van der Waals surface area (Å²) < 4.78 is 46.1. The van der Waals surface area contributed by atoms with Crippen LogP contribution in [0.15, 0.2) is 0 Å². The number of carboxylic acids is 1. The van der Waals surface area contributed by atoms with E-state index in [4.69, 9.17) is 33.2 Å². The fraction of sp³-hybridized carbons (Fsp3) is 0.929. The second kappa shape index (κ2) is 16.1. The minimum atomic E-state index is -1.59. The normalized spacial score (nSPS) is 46.5. The van der Waals surface area contributed by atoms with Crippen molar-refractivity contribution in [3.8, 4) is 0 Å². The Balaban J connectivity index is 1.19. The second-order valence-electron chi connectivity index (χ2n) is 18.8. The maximum absolute atomic E-state index is 13.3. The molecule has 0 aromatic carbocycles. The molecule has 55 heavy (non-hydrogen) atoms. The van der Waals surface area contributed by atoms with Crippen LogP contribution < -0.4 is 0 Å². The van der Waals surface area contributed by atoms with Crippen molar-refractivity contribution in [2.45, 2.75) is 198 Å². The quantitative estimate of drug-likeness (QED) is 0.211. The van der Waals surface area contributed by atoms with Crippen LogP contribution in [0.4, 0.5) is 0 Å². The monoisotopic (exact) mass is 780 g/mol. The molecule has 13 heteroatoms. The molecule has 6 aliphatic rings. The van der Waals surface area contributed by atoms with Gasteiger partial charge in [-0.1, -0.05) is 48.0 Å². The number of hydrogen-bond acceptors (Lipinski definition) is 12. The Morgan fingerprint density at radius 1 is 0.909 bits per heavy atom. The van der Waals surface area contributed by atoms with E-state index in [9.17, 15) is 29.7 Å². The number of ether oxygens (including phenoxy) is 7. The highest BCUT2D eigenvalue weighted by Gasteiger charge is 2.62. The predicted molar refractivity (Wildman–Crippen MR) is 198 cm³/mol. The van der Waals surface area contributed by atoms with E-state index in [1.165, 1.54) is 6.92 Å². The summed E-state index contributed by atoms with van der Waals surface area (Å²) in [5.41, 5.74) is -1.35. The van der Waals surface area contributed by atoms with Crippen LogP contribution in [0.3, 0.4) is 0 Å². The average Bonchev–Trinajstić information content (AvgIpc) is 3.81. The van der Waals surface area contributed by atoms with Crippen molar-refractivity contribution >= 4 is 17.9 Å². The standard InChI is InChI=1S/C42H68O13/c1-10-32(44)51-34(27(7)37(45)46)26(6)35-25(5)30(50-38(47)28-12-11-13-28)20-41(53-35)17-16-39(8,55-41)31-14-15-40(9,52-31)36-23(3)19-29(49-36)33-22(2)18-24(4)42(48,21-43)54-33/h22-31,33-36,43,48H,10-21H2,1-9H3,(H,45,46)/t22-,23-,24+,25+,26-,27+,29+,30-,31+,33-,34+,35-,36?,39-,40-,41+,42-/m0/s1. The molecule has 1 unspecified atom stereocenters. The van der Waals surface area contributed by atoms with E-state index < -0.39 is 71.5 Å². The van der Waals surface area contributed by atoms with E-state index in [1.54, 1.807) is 6.92 Å². The van der Waals surface area contributed by atoms with Gasteiger partial charge in [-0.15, -0.1) is 0 Å². The molecule has 17 atom stereocenters. The molecule has 13 nitrogen and oxygen atoms in total. The molecule has 6 fully saturated rings. The van der Waals surface area contributed by atoms with Gasteiger partial charge in [0, 0.05) is 37.0 Å². The number of carboxylic acid groups (broad SMARTS) is 1. The van der Waals surface area contributed by atoms with Crippen LogP contribution in [0.1, 0.15) is 133 Å². The van der Waals surface area contributed by atoms with E-state index in [0.717, 1.165) is 44.9 Å². The summed E-state index contributed by atoms with van der Waals surface area (Å²) in [5.74, 6) is -6.39. The topological polar surface area (TPSA) is 177 Å². The maximum atomic E-state index is 13.3. The fourth-order valence-electron chi connectivity index (χ4n) is 10.7. The Hall–Kier alpha value is -1.87. The van der Waals surface area contributed by atoms with Gasteiger partial charge in [0.25, 0.3) is 0 Å². The molecule has 3 N–H and O–H groups in total. The van der Waals surface area contributed by atoms with Gasteiger partial charge < -0.3 is 48.5 Å². The van der Waals surface area contributed by atoms with Crippen molar-refractivity contribution in [3.05, 3.63) is 0 Å². The minimum Gasteiger partial charge on any atom is -0.481 e. The highest BCUT2D eigenvalue weighted by molar-refractivity contribution is 5.74. The molecule has 0 aromatic heterocycles. The summed E-state index contributed by atoms with van der Waals surface area (Å²) in [4.78, 5) is 38.1. The Morgan fingerprint density at radius 3 is 2.24 bits per heavy atom. The Labute approximate surface area is 326 Å². The van der Waals surface area contributed by atoms with E-state index in [0.29, 0.717) is 19.3 Å². The lowest BCUT2D eigenvalue weighted by molar-refractivity contribution is -0.336. The van der Waals surface area contributed by atoms with Gasteiger partial charge in [0.1, 0.15) is 12.2 Å². The zero-order valence-corrected chi connectivity index (χ0v) is 34.5. The fourth-order valence-corrected chi connectivity index (χ4v) is 10.7. The lowest BCUT2D eigenvalue weighted by Crippen LogP contribution is -2.58. The Bertz CT molecular complexity index is 1400. The van der Waals surface area contributed by atoms with Gasteiger partial charge in [0.15, 0.2) is 11.6 Å². The number of carbonyl (C=O) groups excluding carboxylic acids is 2. The summed E-state index contributed by atoms with van der Waals surface area (Å²) in [5, 5.41) is 31.0. The molecule has 1 spiro atoms. The molecule has 0 radical (unpaired) electrons. The van der Waals surface area contributed by atoms with Gasteiger partial charge in [0.05, 0.1) is 60.2 Å². The smallest absolute Gasteiger partial charge is 0.309 e. The summed E-state index contributed by atoms with van der Waals surface area (Å²) in [6, 6.07) is 0. The van der Waals surface area contributed by atoms with Gasteiger partial charge in [0.2, 0.25) is 0 Å². The number of carbonyl (C=O) groups is 3. The van der Waals surface area contributed by atoms with Crippen molar-refractivity contribution in [3.63, 3.8) is 0 Å².